The maximum absolute atomic E-state index is 12.4. The first kappa shape index (κ1) is 19.4. The van der Waals surface area contributed by atoms with Gasteiger partial charge in [-0.2, -0.15) is 0 Å². The molecule has 2 aromatic carbocycles. The number of ketones is 1. The lowest BCUT2D eigenvalue weighted by atomic mass is 10.1. The lowest BCUT2D eigenvalue weighted by Gasteiger charge is -2.20. The molecule has 144 valence electrons. The number of carbonyl (C=O) groups excluding carboxylic acids is 2. The van der Waals surface area contributed by atoms with E-state index in [1.807, 2.05) is 26.0 Å². The van der Waals surface area contributed by atoms with E-state index in [1.165, 1.54) is 6.07 Å². The Morgan fingerprint density at radius 2 is 1.71 bits per heavy atom. The number of Topliss-reactive ketones (excluding diaryl/α,β-unsaturated/α-hetero) is 1. The summed E-state index contributed by atoms with van der Waals surface area (Å²) in [6, 6.07) is 15.7. The van der Waals surface area contributed by atoms with Crippen molar-refractivity contribution in [1.29, 1.82) is 0 Å². The summed E-state index contributed by atoms with van der Waals surface area (Å²) < 4.78 is 5.36. The molecular formula is C22H22N2O4. The SMILES string of the molecule is CCN(CC)c1ccc2cc(C(=O)NCC(=O)c3ccccc3)c(=O)oc2c1. The molecule has 0 atom stereocenters. The molecular weight excluding hydrogens is 356 g/mol. The molecule has 0 aliphatic carbocycles. The summed E-state index contributed by atoms with van der Waals surface area (Å²) in [6.07, 6.45) is 0. The van der Waals surface area contributed by atoms with Gasteiger partial charge in [0, 0.05) is 35.8 Å². The first-order valence-electron chi connectivity index (χ1n) is 9.22. The van der Waals surface area contributed by atoms with Gasteiger partial charge in [-0.25, -0.2) is 4.79 Å². The molecule has 0 aliphatic heterocycles. The molecule has 0 unspecified atom stereocenters. The molecule has 6 nitrogen and oxygen atoms in total. The minimum atomic E-state index is -0.728. The number of hydrogen-bond donors (Lipinski definition) is 1. The van der Waals surface area contributed by atoms with Crippen molar-refractivity contribution in [3.8, 4) is 0 Å². The third-order valence-electron chi connectivity index (χ3n) is 4.60. The van der Waals surface area contributed by atoms with Crippen molar-refractivity contribution in [1.82, 2.24) is 5.32 Å². The second-order valence-corrected chi connectivity index (χ2v) is 6.31. The smallest absolute Gasteiger partial charge is 0.349 e. The summed E-state index contributed by atoms with van der Waals surface area (Å²) in [5, 5.41) is 3.14. The number of rotatable bonds is 7. The zero-order chi connectivity index (χ0) is 20.1. The highest BCUT2D eigenvalue weighted by molar-refractivity contribution is 6.02. The Bertz CT molecular complexity index is 1050. The van der Waals surface area contributed by atoms with Gasteiger partial charge in [0.2, 0.25) is 0 Å². The van der Waals surface area contributed by atoms with E-state index in [2.05, 4.69) is 10.2 Å². The fourth-order valence-corrected chi connectivity index (χ4v) is 3.03. The number of carbonyl (C=O) groups is 2. The summed E-state index contributed by atoms with van der Waals surface area (Å²) in [5.74, 6) is -0.865. The lowest BCUT2D eigenvalue weighted by Crippen LogP contribution is -2.32. The van der Waals surface area contributed by atoms with Crippen molar-refractivity contribution in [2.24, 2.45) is 0 Å². The quantitative estimate of drug-likeness (QED) is 0.504. The van der Waals surface area contributed by atoms with Crippen LogP contribution in [0.25, 0.3) is 11.0 Å². The first-order chi connectivity index (χ1) is 13.5. The molecule has 0 fully saturated rings. The second kappa shape index (κ2) is 8.52. The van der Waals surface area contributed by atoms with Crippen molar-refractivity contribution in [3.05, 3.63) is 76.1 Å². The van der Waals surface area contributed by atoms with Gasteiger partial charge in [-0.1, -0.05) is 30.3 Å². The number of fused-ring (bicyclic) bond motifs is 1. The third kappa shape index (κ3) is 4.11. The summed E-state index contributed by atoms with van der Waals surface area (Å²) in [4.78, 5) is 38.9. The zero-order valence-corrected chi connectivity index (χ0v) is 15.9. The average Bonchev–Trinajstić information content (AvgIpc) is 2.72. The molecule has 0 bridgehead atoms. The number of hydrogen-bond acceptors (Lipinski definition) is 5. The van der Waals surface area contributed by atoms with Gasteiger partial charge in [-0.15, -0.1) is 0 Å². The second-order valence-electron chi connectivity index (χ2n) is 6.31. The van der Waals surface area contributed by atoms with Crippen LogP contribution in [0.1, 0.15) is 34.6 Å². The first-order valence-corrected chi connectivity index (χ1v) is 9.22. The van der Waals surface area contributed by atoms with Gasteiger partial charge in [-0.3, -0.25) is 9.59 Å². The van der Waals surface area contributed by atoms with E-state index >= 15 is 0 Å². The lowest BCUT2D eigenvalue weighted by molar-refractivity contribution is 0.0901. The predicted molar refractivity (Wildman–Crippen MR) is 109 cm³/mol. The summed E-state index contributed by atoms with van der Waals surface area (Å²) >= 11 is 0. The Kier molecular flexibility index (Phi) is 5.89. The van der Waals surface area contributed by atoms with Crippen molar-refractivity contribution in [2.45, 2.75) is 13.8 Å². The predicted octanol–water partition coefficient (Wildman–Crippen LogP) is 3.25. The molecule has 0 aliphatic rings. The third-order valence-corrected chi connectivity index (χ3v) is 4.60. The topological polar surface area (TPSA) is 79.6 Å². The highest BCUT2D eigenvalue weighted by Gasteiger charge is 2.16. The van der Waals surface area contributed by atoms with Crippen LogP contribution in [0.4, 0.5) is 5.69 Å². The van der Waals surface area contributed by atoms with Crippen LogP contribution in [0.15, 0.2) is 63.8 Å². The average molecular weight is 378 g/mol. The molecule has 0 radical (unpaired) electrons. The zero-order valence-electron chi connectivity index (χ0n) is 15.9. The Hall–Kier alpha value is -3.41. The van der Waals surface area contributed by atoms with E-state index in [1.54, 1.807) is 36.4 Å². The Morgan fingerprint density at radius 1 is 1.00 bits per heavy atom. The van der Waals surface area contributed by atoms with E-state index in [0.29, 0.717) is 16.5 Å². The molecule has 1 N–H and O–H groups in total. The molecule has 0 spiro atoms. The Balaban J connectivity index is 1.80. The molecule has 3 aromatic rings. The van der Waals surface area contributed by atoms with Gasteiger partial charge in [0.1, 0.15) is 11.1 Å². The highest BCUT2D eigenvalue weighted by Crippen LogP contribution is 2.22. The summed E-state index contributed by atoms with van der Waals surface area (Å²) in [7, 11) is 0. The molecule has 1 amide bonds. The molecule has 6 heteroatoms. The summed E-state index contributed by atoms with van der Waals surface area (Å²) in [6.45, 7) is 5.58. The maximum atomic E-state index is 12.4. The minimum Gasteiger partial charge on any atom is -0.422 e. The number of amides is 1. The molecule has 0 saturated carbocycles. The van der Waals surface area contributed by atoms with Gasteiger partial charge >= 0.3 is 5.63 Å². The normalized spacial score (nSPS) is 10.6. The van der Waals surface area contributed by atoms with Gasteiger partial charge in [0.05, 0.1) is 6.54 Å². The van der Waals surface area contributed by atoms with Gasteiger partial charge in [0.25, 0.3) is 5.91 Å². The molecule has 3 rings (SSSR count). The van der Waals surface area contributed by atoms with E-state index in [0.717, 1.165) is 18.8 Å². The van der Waals surface area contributed by atoms with Crippen LogP contribution in [0.2, 0.25) is 0 Å². The van der Waals surface area contributed by atoms with Crippen LogP contribution >= 0.6 is 0 Å². The van der Waals surface area contributed by atoms with E-state index in [-0.39, 0.29) is 17.9 Å². The number of nitrogens with one attached hydrogen (secondary N) is 1. The van der Waals surface area contributed by atoms with Crippen molar-refractivity contribution < 1.29 is 14.0 Å². The summed E-state index contributed by atoms with van der Waals surface area (Å²) in [5.41, 5.74) is 1.02. The number of nitrogens with zero attached hydrogens (tertiary/aromatic N) is 1. The molecule has 0 saturated heterocycles. The van der Waals surface area contributed by atoms with Crippen LogP contribution in [-0.2, 0) is 0 Å². The number of anilines is 1. The van der Waals surface area contributed by atoms with Crippen LogP contribution < -0.4 is 15.8 Å². The number of benzene rings is 2. The Labute approximate surface area is 162 Å². The standard InChI is InChI=1S/C22H22N2O4/c1-3-24(4-2)17-11-10-16-12-18(22(27)28-20(16)13-17)21(26)23-14-19(25)15-8-6-5-7-9-15/h5-13H,3-4,14H2,1-2H3,(H,23,26). The maximum Gasteiger partial charge on any atom is 0.349 e. The monoisotopic (exact) mass is 378 g/mol. The van der Waals surface area contributed by atoms with Crippen molar-refractivity contribution in [2.75, 3.05) is 24.5 Å². The molecule has 1 heterocycles. The van der Waals surface area contributed by atoms with Gasteiger partial charge in [0.15, 0.2) is 5.78 Å². The van der Waals surface area contributed by atoms with Crippen LogP contribution in [-0.4, -0.2) is 31.3 Å². The fourth-order valence-electron chi connectivity index (χ4n) is 3.03. The van der Waals surface area contributed by atoms with E-state index in [4.69, 9.17) is 4.42 Å². The van der Waals surface area contributed by atoms with Crippen molar-refractivity contribution in [3.63, 3.8) is 0 Å². The van der Waals surface area contributed by atoms with Gasteiger partial charge in [-0.05, 0) is 32.0 Å². The van der Waals surface area contributed by atoms with E-state index in [9.17, 15) is 14.4 Å². The van der Waals surface area contributed by atoms with E-state index < -0.39 is 11.5 Å². The fraction of sp³-hybridized carbons (Fsp3) is 0.227. The largest absolute Gasteiger partial charge is 0.422 e. The van der Waals surface area contributed by atoms with Crippen LogP contribution in [0.3, 0.4) is 0 Å². The van der Waals surface area contributed by atoms with Gasteiger partial charge < -0.3 is 14.6 Å². The Morgan fingerprint density at radius 3 is 2.39 bits per heavy atom. The molecule has 28 heavy (non-hydrogen) atoms. The van der Waals surface area contributed by atoms with Crippen LogP contribution in [0.5, 0.6) is 0 Å². The van der Waals surface area contributed by atoms with Crippen LogP contribution in [0, 0.1) is 0 Å². The molecule has 1 aromatic heterocycles. The highest BCUT2D eigenvalue weighted by atomic mass is 16.4. The van der Waals surface area contributed by atoms with Crippen molar-refractivity contribution >= 4 is 28.3 Å². The minimum absolute atomic E-state index is 0.121.